The van der Waals surface area contributed by atoms with Gasteiger partial charge in [0, 0.05) is 11.1 Å². The number of aliphatic hydroxyl groups excluding tert-OH is 1. The lowest BCUT2D eigenvalue weighted by molar-refractivity contribution is 0.0959. The van der Waals surface area contributed by atoms with Gasteiger partial charge in [-0.15, -0.1) is 0 Å². The van der Waals surface area contributed by atoms with Crippen LogP contribution in [0.1, 0.15) is 41.3 Å². The van der Waals surface area contributed by atoms with E-state index in [2.05, 4.69) is 18.8 Å². The van der Waals surface area contributed by atoms with E-state index in [4.69, 9.17) is 14.6 Å². The van der Waals surface area contributed by atoms with E-state index in [0.717, 1.165) is 30.8 Å². The standard InChI is InChI=1S/C20H20O4/c1-2-3-12-23-19-10-7-16(8-11-19)4-5-17-6-9-18(14-21)20(13-17)24-15-22/h6-11,13-14,22H,2-3,12,15H2,1H3. The molecule has 0 saturated carbocycles. The van der Waals surface area contributed by atoms with Gasteiger partial charge >= 0.3 is 0 Å². The molecule has 1 N–H and O–H groups in total. The van der Waals surface area contributed by atoms with Gasteiger partial charge in [-0.2, -0.15) is 0 Å². The van der Waals surface area contributed by atoms with Crippen molar-refractivity contribution in [2.45, 2.75) is 19.8 Å². The summed E-state index contributed by atoms with van der Waals surface area (Å²) >= 11 is 0. The largest absolute Gasteiger partial charge is 0.494 e. The van der Waals surface area contributed by atoms with E-state index in [9.17, 15) is 4.79 Å². The van der Waals surface area contributed by atoms with E-state index in [1.54, 1.807) is 18.2 Å². The first-order chi connectivity index (χ1) is 11.8. The van der Waals surface area contributed by atoms with Crippen molar-refractivity contribution >= 4 is 6.29 Å². The Morgan fingerprint density at radius 1 is 1.04 bits per heavy atom. The summed E-state index contributed by atoms with van der Waals surface area (Å²) in [7, 11) is 0. The van der Waals surface area contributed by atoms with Crippen molar-refractivity contribution in [3.63, 3.8) is 0 Å². The van der Waals surface area contributed by atoms with Crippen molar-refractivity contribution in [1.29, 1.82) is 0 Å². The second kappa shape index (κ2) is 9.39. The quantitative estimate of drug-likeness (QED) is 0.367. The average molecular weight is 324 g/mol. The smallest absolute Gasteiger partial charge is 0.186 e. The summed E-state index contributed by atoms with van der Waals surface area (Å²) in [6.07, 6.45) is 2.82. The van der Waals surface area contributed by atoms with Crippen molar-refractivity contribution in [2.75, 3.05) is 13.4 Å². The van der Waals surface area contributed by atoms with Gasteiger partial charge < -0.3 is 14.6 Å². The summed E-state index contributed by atoms with van der Waals surface area (Å²) < 4.78 is 10.6. The van der Waals surface area contributed by atoms with E-state index in [0.29, 0.717) is 23.2 Å². The van der Waals surface area contributed by atoms with Crippen molar-refractivity contribution in [3.8, 4) is 23.3 Å². The zero-order valence-electron chi connectivity index (χ0n) is 13.6. The summed E-state index contributed by atoms with van der Waals surface area (Å²) in [5, 5.41) is 8.86. The fraction of sp³-hybridized carbons (Fsp3) is 0.250. The van der Waals surface area contributed by atoms with Crippen molar-refractivity contribution in [1.82, 2.24) is 0 Å². The fourth-order valence-electron chi connectivity index (χ4n) is 2.02. The van der Waals surface area contributed by atoms with Gasteiger partial charge in [-0.25, -0.2) is 0 Å². The summed E-state index contributed by atoms with van der Waals surface area (Å²) in [5.74, 6) is 7.22. The Kier molecular flexibility index (Phi) is 6.88. The molecule has 24 heavy (non-hydrogen) atoms. The number of carbonyl (C=O) groups excluding carboxylic acids is 1. The third kappa shape index (κ3) is 5.15. The van der Waals surface area contributed by atoms with Gasteiger partial charge in [0.1, 0.15) is 11.5 Å². The van der Waals surface area contributed by atoms with Crippen LogP contribution in [0.15, 0.2) is 42.5 Å². The Hall–Kier alpha value is -2.77. The first-order valence-corrected chi connectivity index (χ1v) is 7.84. The Bertz CT molecular complexity index is 724. The van der Waals surface area contributed by atoms with Crippen LogP contribution in [0.2, 0.25) is 0 Å². The first-order valence-electron chi connectivity index (χ1n) is 7.84. The van der Waals surface area contributed by atoms with Crippen LogP contribution >= 0.6 is 0 Å². The Morgan fingerprint density at radius 3 is 2.42 bits per heavy atom. The molecule has 0 unspecified atom stereocenters. The topological polar surface area (TPSA) is 55.8 Å². The zero-order chi connectivity index (χ0) is 17.2. The number of ether oxygens (including phenoxy) is 2. The Balaban J connectivity index is 2.09. The molecule has 2 aromatic carbocycles. The fourth-order valence-corrected chi connectivity index (χ4v) is 2.02. The van der Waals surface area contributed by atoms with Crippen molar-refractivity contribution < 1.29 is 19.4 Å². The lowest BCUT2D eigenvalue weighted by atomic mass is 10.1. The Labute approximate surface area is 142 Å². The highest BCUT2D eigenvalue weighted by molar-refractivity contribution is 5.79. The molecular weight excluding hydrogens is 304 g/mol. The van der Waals surface area contributed by atoms with Crippen LogP contribution in [0.4, 0.5) is 0 Å². The van der Waals surface area contributed by atoms with Crippen LogP contribution in [0.3, 0.4) is 0 Å². The lowest BCUT2D eigenvalue weighted by Crippen LogP contribution is -1.98. The predicted octanol–water partition coefficient (Wildman–Crippen LogP) is 3.41. The molecule has 2 aromatic rings. The summed E-state index contributed by atoms with van der Waals surface area (Å²) in [6.45, 7) is 2.36. The van der Waals surface area contributed by atoms with Crippen molar-refractivity contribution in [2.24, 2.45) is 0 Å². The zero-order valence-corrected chi connectivity index (χ0v) is 13.6. The van der Waals surface area contributed by atoms with Crippen LogP contribution in [0, 0.1) is 11.8 Å². The molecule has 0 fully saturated rings. The minimum atomic E-state index is -0.489. The summed E-state index contributed by atoms with van der Waals surface area (Å²) in [4.78, 5) is 10.9. The highest BCUT2D eigenvalue weighted by Gasteiger charge is 2.03. The van der Waals surface area contributed by atoms with E-state index < -0.39 is 6.79 Å². The molecule has 0 aliphatic rings. The molecule has 0 aromatic heterocycles. The Morgan fingerprint density at radius 2 is 1.75 bits per heavy atom. The molecule has 0 aliphatic heterocycles. The van der Waals surface area contributed by atoms with E-state index >= 15 is 0 Å². The van der Waals surface area contributed by atoms with Gasteiger partial charge in [0.05, 0.1) is 12.2 Å². The number of hydrogen-bond acceptors (Lipinski definition) is 4. The second-order valence-corrected chi connectivity index (χ2v) is 5.12. The van der Waals surface area contributed by atoms with Gasteiger partial charge in [-0.1, -0.05) is 25.2 Å². The molecule has 4 nitrogen and oxygen atoms in total. The number of aliphatic hydroxyl groups is 1. The van der Waals surface area contributed by atoms with Crippen molar-refractivity contribution in [3.05, 3.63) is 59.2 Å². The van der Waals surface area contributed by atoms with Crippen LogP contribution in [-0.4, -0.2) is 24.8 Å². The molecule has 0 radical (unpaired) electrons. The van der Waals surface area contributed by atoms with Gasteiger partial charge in [-0.05, 0) is 48.9 Å². The van der Waals surface area contributed by atoms with E-state index in [1.165, 1.54) is 0 Å². The normalized spacial score (nSPS) is 9.75. The van der Waals surface area contributed by atoms with Crippen LogP contribution in [0.5, 0.6) is 11.5 Å². The molecule has 0 atom stereocenters. The third-order valence-corrected chi connectivity index (χ3v) is 3.33. The number of aldehydes is 1. The SMILES string of the molecule is CCCCOc1ccc(C#Cc2ccc(C=O)c(OCO)c2)cc1. The second-order valence-electron chi connectivity index (χ2n) is 5.12. The minimum absolute atomic E-state index is 0.318. The van der Waals surface area contributed by atoms with Crippen LogP contribution in [0.25, 0.3) is 0 Å². The summed E-state index contributed by atoms with van der Waals surface area (Å²) in [5.41, 5.74) is 1.94. The molecule has 0 spiro atoms. The lowest BCUT2D eigenvalue weighted by Gasteiger charge is -2.05. The molecule has 0 saturated heterocycles. The predicted molar refractivity (Wildman–Crippen MR) is 92.4 cm³/mol. The molecule has 0 bridgehead atoms. The van der Waals surface area contributed by atoms with Gasteiger partial charge in [0.25, 0.3) is 0 Å². The number of benzene rings is 2. The third-order valence-electron chi connectivity index (χ3n) is 3.33. The highest BCUT2D eigenvalue weighted by atomic mass is 16.6. The monoisotopic (exact) mass is 324 g/mol. The number of unbranched alkanes of at least 4 members (excludes halogenated alkanes) is 1. The number of hydrogen-bond donors (Lipinski definition) is 1. The molecule has 0 heterocycles. The summed E-state index contributed by atoms with van der Waals surface area (Å²) in [6, 6.07) is 12.6. The maximum absolute atomic E-state index is 10.9. The average Bonchev–Trinajstić information content (AvgIpc) is 2.62. The molecular formula is C20H20O4. The van der Waals surface area contributed by atoms with Gasteiger partial charge in [-0.3, -0.25) is 4.79 Å². The molecule has 0 amide bonds. The van der Waals surface area contributed by atoms with E-state index in [1.807, 2.05) is 24.3 Å². The first kappa shape index (κ1) is 17.6. The maximum atomic E-state index is 10.9. The molecule has 4 heteroatoms. The van der Waals surface area contributed by atoms with Crippen LogP contribution in [-0.2, 0) is 0 Å². The maximum Gasteiger partial charge on any atom is 0.186 e. The molecule has 0 aliphatic carbocycles. The van der Waals surface area contributed by atoms with Gasteiger partial charge in [0.15, 0.2) is 13.1 Å². The highest BCUT2D eigenvalue weighted by Crippen LogP contribution is 2.18. The van der Waals surface area contributed by atoms with Gasteiger partial charge in [0.2, 0.25) is 0 Å². The minimum Gasteiger partial charge on any atom is -0.494 e. The molecule has 2 rings (SSSR count). The van der Waals surface area contributed by atoms with Crippen LogP contribution < -0.4 is 9.47 Å². The van der Waals surface area contributed by atoms with E-state index in [-0.39, 0.29) is 0 Å². The molecule has 124 valence electrons. The number of rotatable bonds is 7. The number of carbonyl (C=O) groups is 1.